The standard InChI is InChI=1S/C20H33N3O2S.HI/c1-21-20(22-10-3-4-13-26-2)23-15-17-6-5-7-18(14-17)16-25-19-8-11-24-12-9-19;/h5-7,14,19H,3-4,8-13,15-16H2,1-2H3,(H2,21,22,23);1H. The van der Waals surface area contributed by atoms with Gasteiger partial charge >= 0.3 is 0 Å². The summed E-state index contributed by atoms with van der Waals surface area (Å²) in [6.07, 6.45) is 6.89. The van der Waals surface area contributed by atoms with Crippen molar-refractivity contribution in [3.8, 4) is 0 Å². The van der Waals surface area contributed by atoms with Crippen molar-refractivity contribution in [1.82, 2.24) is 10.6 Å². The largest absolute Gasteiger partial charge is 0.381 e. The van der Waals surface area contributed by atoms with Crippen LogP contribution in [-0.2, 0) is 22.6 Å². The first-order valence-corrected chi connectivity index (χ1v) is 10.9. The van der Waals surface area contributed by atoms with Crippen LogP contribution in [0, 0.1) is 0 Å². The summed E-state index contributed by atoms with van der Waals surface area (Å²) in [5.74, 6) is 2.08. The van der Waals surface area contributed by atoms with Crippen LogP contribution in [0.25, 0.3) is 0 Å². The van der Waals surface area contributed by atoms with Gasteiger partial charge in [0.2, 0.25) is 0 Å². The van der Waals surface area contributed by atoms with E-state index in [1.54, 1.807) is 0 Å². The predicted octanol–water partition coefficient (Wildman–Crippen LogP) is 3.81. The first-order chi connectivity index (χ1) is 12.8. The first-order valence-electron chi connectivity index (χ1n) is 9.52. The van der Waals surface area contributed by atoms with Gasteiger partial charge in [0.25, 0.3) is 0 Å². The summed E-state index contributed by atoms with van der Waals surface area (Å²) in [6, 6.07) is 8.56. The molecule has 1 aliphatic heterocycles. The van der Waals surface area contributed by atoms with Gasteiger partial charge in [0.1, 0.15) is 0 Å². The number of thioether (sulfide) groups is 1. The maximum atomic E-state index is 6.02. The molecule has 0 radical (unpaired) electrons. The van der Waals surface area contributed by atoms with E-state index >= 15 is 0 Å². The van der Waals surface area contributed by atoms with E-state index in [9.17, 15) is 0 Å². The van der Waals surface area contributed by atoms with E-state index in [1.165, 1.54) is 29.7 Å². The molecular weight excluding hydrogens is 473 g/mol. The molecule has 27 heavy (non-hydrogen) atoms. The highest BCUT2D eigenvalue weighted by atomic mass is 127. The van der Waals surface area contributed by atoms with Crippen LogP contribution in [0.2, 0.25) is 0 Å². The maximum absolute atomic E-state index is 6.02. The molecule has 0 aliphatic carbocycles. The number of guanidine groups is 1. The lowest BCUT2D eigenvalue weighted by molar-refractivity contribution is -0.0390. The third-order valence-electron chi connectivity index (χ3n) is 4.40. The minimum Gasteiger partial charge on any atom is -0.381 e. The molecule has 0 unspecified atom stereocenters. The van der Waals surface area contributed by atoms with Crippen LogP contribution in [0.5, 0.6) is 0 Å². The minimum absolute atomic E-state index is 0. The molecule has 1 heterocycles. The van der Waals surface area contributed by atoms with Crippen molar-refractivity contribution in [2.45, 2.75) is 44.9 Å². The second-order valence-corrected chi connectivity index (χ2v) is 7.48. The van der Waals surface area contributed by atoms with Gasteiger partial charge in [-0.25, -0.2) is 0 Å². The molecule has 5 nitrogen and oxygen atoms in total. The Morgan fingerprint density at radius 1 is 1.22 bits per heavy atom. The molecule has 0 aromatic heterocycles. The summed E-state index contributed by atoms with van der Waals surface area (Å²) in [4.78, 5) is 4.29. The van der Waals surface area contributed by atoms with Crippen LogP contribution >= 0.6 is 35.7 Å². The molecule has 1 aromatic carbocycles. The van der Waals surface area contributed by atoms with Gasteiger partial charge in [-0.3, -0.25) is 4.99 Å². The zero-order chi connectivity index (χ0) is 18.5. The summed E-state index contributed by atoms with van der Waals surface area (Å²) in [5, 5.41) is 6.76. The second kappa shape index (κ2) is 15.4. The number of nitrogens with one attached hydrogen (secondary N) is 2. The molecule has 1 aliphatic rings. The monoisotopic (exact) mass is 507 g/mol. The molecule has 1 aromatic rings. The van der Waals surface area contributed by atoms with Crippen molar-refractivity contribution in [3.05, 3.63) is 35.4 Å². The lowest BCUT2D eigenvalue weighted by Gasteiger charge is -2.22. The highest BCUT2D eigenvalue weighted by Gasteiger charge is 2.14. The number of nitrogens with zero attached hydrogens (tertiary/aromatic N) is 1. The number of unbranched alkanes of at least 4 members (excludes halogenated alkanes) is 1. The Morgan fingerprint density at radius 2 is 2.00 bits per heavy atom. The quantitative estimate of drug-likeness (QED) is 0.218. The van der Waals surface area contributed by atoms with Crippen molar-refractivity contribution < 1.29 is 9.47 Å². The maximum Gasteiger partial charge on any atom is 0.191 e. The summed E-state index contributed by atoms with van der Waals surface area (Å²) < 4.78 is 11.4. The smallest absolute Gasteiger partial charge is 0.191 e. The van der Waals surface area contributed by atoms with Crippen LogP contribution in [0.1, 0.15) is 36.8 Å². The fraction of sp³-hybridized carbons (Fsp3) is 0.650. The number of rotatable bonds is 10. The third kappa shape index (κ3) is 10.6. The lowest BCUT2D eigenvalue weighted by atomic mass is 10.1. The number of halogens is 1. The fourth-order valence-corrected chi connectivity index (χ4v) is 3.36. The first kappa shape index (κ1) is 24.5. The lowest BCUT2D eigenvalue weighted by Crippen LogP contribution is -2.37. The third-order valence-corrected chi connectivity index (χ3v) is 5.09. The van der Waals surface area contributed by atoms with Gasteiger partial charge in [0.05, 0.1) is 12.7 Å². The molecule has 0 saturated carbocycles. The molecule has 1 fully saturated rings. The fourth-order valence-electron chi connectivity index (χ4n) is 2.87. The van der Waals surface area contributed by atoms with E-state index in [1.807, 2.05) is 18.8 Å². The van der Waals surface area contributed by atoms with Crippen molar-refractivity contribution in [2.24, 2.45) is 4.99 Å². The van der Waals surface area contributed by atoms with Gasteiger partial charge in [-0.05, 0) is 48.8 Å². The molecule has 7 heteroatoms. The number of hydrogen-bond acceptors (Lipinski definition) is 4. The SMILES string of the molecule is CN=C(NCCCCSC)NCc1cccc(COC2CCOCC2)c1.I. The van der Waals surface area contributed by atoms with E-state index in [0.29, 0.717) is 12.7 Å². The van der Waals surface area contributed by atoms with Crippen LogP contribution in [-0.4, -0.2) is 50.9 Å². The normalized spacial score (nSPS) is 15.3. The molecule has 154 valence electrons. The van der Waals surface area contributed by atoms with Crippen molar-refractivity contribution in [2.75, 3.05) is 38.8 Å². The minimum atomic E-state index is 0. The summed E-state index contributed by atoms with van der Waals surface area (Å²) >= 11 is 1.90. The average molecular weight is 507 g/mol. The number of benzene rings is 1. The number of aliphatic imine (C=N–C) groups is 1. The van der Waals surface area contributed by atoms with Crippen LogP contribution in [0.15, 0.2) is 29.3 Å². The second-order valence-electron chi connectivity index (χ2n) is 6.50. The van der Waals surface area contributed by atoms with Gasteiger partial charge in [-0.1, -0.05) is 24.3 Å². The highest BCUT2D eigenvalue weighted by molar-refractivity contribution is 14.0. The Hall–Kier alpha value is -0.510. The Labute approximate surface area is 185 Å². The zero-order valence-electron chi connectivity index (χ0n) is 16.5. The van der Waals surface area contributed by atoms with E-state index < -0.39 is 0 Å². The predicted molar refractivity (Wildman–Crippen MR) is 126 cm³/mol. The van der Waals surface area contributed by atoms with Gasteiger partial charge in [-0.2, -0.15) is 11.8 Å². The molecule has 0 amide bonds. The Kier molecular flexibility index (Phi) is 14.0. The molecule has 0 spiro atoms. The molecule has 2 rings (SSSR count). The van der Waals surface area contributed by atoms with Crippen LogP contribution < -0.4 is 10.6 Å². The summed E-state index contributed by atoms with van der Waals surface area (Å²) in [7, 11) is 1.81. The molecular formula is C20H34IN3O2S. The van der Waals surface area contributed by atoms with Gasteiger partial charge in [0, 0.05) is 33.4 Å². The van der Waals surface area contributed by atoms with E-state index in [0.717, 1.165) is 45.1 Å². The van der Waals surface area contributed by atoms with E-state index in [4.69, 9.17) is 9.47 Å². The topological polar surface area (TPSA) is 54.9 Å². The van der Waals surface area contributed by atoms with Crippen molar-refractivity contribution in [3.63, 3.8) is 0 Å². The number of ether oxygens (including phenoxy) is 2. The average Bonchev–Trinajstić information content (AvgIpc) is 2.69. The Morgan fingerprint density at radius 3 is 2.74 bits per heavy atom. The molecule has 1 saturated heterocycles. The summed E-state index contributed by atoms with van der Waals surface area (Å²) in [5.41, 5.74) is 2.46. The number of hydrogen-bond donors (Lipinski definition) is 2. The molecule has 2 N–H and O–H groups in total. The molecule has 0 atom stereocenters. The zero-order valence-corrected chi connectivity index (χ0v) is 19.7. The van der Waals surface area contributed by atoms with Gasteiger partial charge < -0.3 is 20.1 Å². The Balaban J connectivity index is 0.00000364. The van der Waals surface area contributed by atoms with Crippen LogP contribution in [0.4, 0.5) is 0 Å². The highest BCUT2D eigenvalue weighted by Crippen LogP contribution is 2.14. The van der Waals surface area contributed by atoms with Crippen LogP contribution in [0.3, 0.4) is 0 Å². The van der Waals surface area contributed by atoms with Crippen molar-refractivity contribution >= 4 is 41.7 Å². The van der Waals surface area contributed by atoms with E-state index in [-0.39, 0.29) is 24.0 Å². The van der Waals surface area contributed by atoms with E-state index in [2.05, 4.69) is 46.1 Å². The summed E-state index contributed by atoms with van der Waals surface area (Å²) in [6.45, 7) is 4.02. The van der Waals surface area contributed by atoms with Gasteiger partial charge in [0.15, 0.2) is 5.96 Å². The molecule has 0 bridgehead atoms. The van der Waals surface area contributed by atoms with Crippen molar-refractivity contribution in [1.29, 1.82) is 0 Å². The Bertz CT molecular complexity index is 540. The van der Waals surface area contributed by atoms with Gasteiger partial charge in [-0.15, -0.1) is 24.0 Å².